The van der Waals surface area contributed by atoms with Crippen LogP contribution in [0.2, 0.25) is 0 Å². The Bertz CT molecular complexity index is 771. The Morgan fingerprint density at radius 2 is 1.74 bits per heavy atom. The van der Waals surface area contributed by atoms with Crippen LogP contribution in [-0.2, 0) is 16.6 Å². The topological polar surface area (TPSA) is 66.5 Å². The van der Waals surface area contributed by atoms with Crippen LogP contribution in [0.4, 0.5) is 0 Å². The van der Waals surface area contributed by atoms with E-state index in [1.807, 2.05) is 30.3 Å². The SMILES string of the molecule is CN(C)S(=O)(=O)c1cccc(C(=O)CNCc2ccccc2)c1. The van der Waals surface area contributed by atoms with Crippen molar-refractivity contribution in [3.8, 4) is 0 Å². The number of rotatable bonds is 7. The second-order valence-corrected chi connectivity index (χ2v) is 7.48. The highest BCUT2D eigenvalue weighted by Crippen LogP contribution is 2.15. The number of nitrogens with zero attached hydrogens (tertiary/aromatic N) is 1. The second kappa shape index (κ2) is 7.50. The molecule has 0 saturated heterocycles. The molecular weight excluding hydrogens is 312 g/mol. The maximum Gasteiger partial charge on any atom is 0.242 e. The summed E-state index contributed by atoms with van der Waals surface area (Å²) in [5.74, 6) is -0.142. The molecule has 0 amide bonds. The molecule has 0 heterocycles. The maximum absolute atomic E-state index is 12.2. The van der Waals surface area contributed by atoms with Crippen molar-refractivity contribution in [3.63, 3.8) is 0 Å². The zero-order valence-corrected chi connectivity index (χ0v) is 14.0. The van der Waals surface area contributed by atoms with Crippen molar-refractivity contribution in [1.82, 2.24) is 9.62 Å². The van der Waals surface area contributed by atoms with Gasteiger partial charge in [-0.3, -0.25) is 4.79 Å². The summed E-state index contributed by atoms with van der Waals surface area (Å²) in [6, 6.07) is 15.9. The lowest BCUT2D eigenvalue weighted by atomic mass is 10.1. The highest BCUT2D eigenvalue weighted by atomic mass is 32.2. The number of nitrogens with one attached hydrogen (secondary N) is 1. The van der Waals surface area contributed by atoms with Gasteiger partial charge < -0.3 is 5.32 Å². The van der Waals surface area contributed by atoms with Crippen LogP contribution < -0.4 is 5.32 Å². The van der Waals surface area contributed by atoms with Crippen molar-refractivity contribution in [3.05, 3.63) is 65.7 Å². The van der Waals surface area contributed by atoms with Crippen molar-refractivity contribution in [2.45, 2.75) is 11.4 Å². The van der Waals surface area contributed by atoms with Gasteiger partial charge in [0.1, 0.15) is 0 Å². The zero-order chi connectivity index (χ0) is 16.9. The number of hydrogen-bond donors (Lipinski definition) is 1. The quantitative estimate of drug-likeness (QED) is 0.787. The first-order valence-corrected chi connectivity index (χ1v) is 8.65. The minimum Gasteiger partial charge on any atom is -0.306 e. The largest absolute Gasteiger partial charge is 0.306 e. The number of sulfonamides is 1. The zero-order valence-electron chi connectivity index (χ0n) is 13.2. The fourth-order valence-corrected chi connectivity index (χ4v) is 3.01. The molecule has 5 nitrogen and oxygen atoms in total. The summed E-state index contributed by atoms with van der Waals surface area (Å²) in [6.07, 6.45) is 0. The van der Waals surface area contributed by atoms with Gasteiger partial charge in [-0.05, 0) is 17.7 Å². The molecule has 0 bridgehead atoms. The molecule has 0 saturated carbocycles. The summed E-state index contributed by atoms with van der Waals surface area (Å²) in [5.41, 5.74) is 1.47. The Labute approximate surface area is 137 Å². The lowest BCUT2D eigenvalue weighted by Gasteiger charge is -2.12. The van der Waals surface area contributed by atoms with Crippen molar-refractivity contribution in [2.75, 3.05) is 20.6 Å². The summed E-state index contributed by atoms with van der Waals surface area (Å²) >= 11 is 0. The highest BCUT2D eigenvalue weighted by molar-refractivity contribution is 7.89. The molecule has 2 aromatic rings. The Hall–Kier alpha value is -2.02. The lowest BCUT2D eigenvalue weighted by molar-refractivity contribution is 0.0990. The normalized spacial score (nSPS) is 11.6. The third-order valence-corrected chi connectivity index (χ3v) is 5.20. The fourth-order valence-electron chi connectivity index (χ4n) is 2.06. The van der Waals surface area contributed by atoms with Crippen LogP contribution in [0, 0.1) is 0 Å². The van der Waals surface area contributed by atoms with E-state index in [0.29, 0.717) is 12.1 Å². The van der Waals surface area contributed by atoms with Crippen molar-refractivity contribution in [1.29, 1.82) is 0 Å². The molecule has 0 aliphatic carbocycles. The van der Waals surface area contributed by atoms with Crippen LogP contribution in [0.3, 0.4) is 0 Å². The molecule has 2 rings (SSSR count). The number of carbonyl (C=O) groups is 1. The fraction of sp³-hybridized carbons (Fsp3) is 0.235. The standard InChI is InChI=1S/C17H20N2O3S/c1-19(2)23(21,22)16-10-6-9-15(11-16)17(20)13-18-12-14-7-4-3-5-8-14/h3-11,18H,12-13H2,1-2H3. The van der Waals surface area contributed by atoms with E-state index in [1.165, 1.54) is 26.2 Å². The monoisotopic (exact) mass is 332 g/mol. The van der Waals surface area contributed by atoms with Crippen LogP contribution in [0.5, 0.6) is 0 Å². The van der Waals surface area contributed by atoms with E-state index in [-0.39, 0.29) is 17.2 Å². The highest BCUT2D eigenvalue weighted by Gasteiger charge is 2.18. The molecule has 0 radical (unpaired) electrons. The van der Waals surface area contributed by atoms with Gasteiger partial charge in [-0.1, -0.05) is 42.5 Å². The molecule has 0 spiro atoms. The second-order valence-electron chi connectivity index (χ2n) is 5.33. The first kappa shape index (κ1) is 17.3. The van der Waals surface area contributed by atoms with E-state index < -0.39 is 10.0 Å². The molecule has 122 valence electrons. The van der Waals surface area contributed by atoms with Gasteiger partial charge in [0.15, 0.2) is 5.78 Å². The molecule has 0 fully saturated rings. The van der Waals surface area contributed by atoms with Gasteiger partial charge in [-0.2, -0.15) is 0 Å². The molecule has 0 aliphatic heterocycles. The number of ketones is 1. The van der Waals surface area contributed by atoms with E-state index in [4.69, 9.17) is 0 Å². The Kier molecular flexibility index (Phi) is 5.65. The van der Waals surface area contributed by atoms with Crippen molar-refractivity contribution >= 4 is 15.8 Å². The molecule has 0 unspecified atom stereocenters. The number of carbonyl (C=O) groups excluding carboxylic acids is 1. The predicted molar refractivity (Wildman–Crippen MR) is 89.8 cm³/mol. The molecular formula is C17H20N2O3S. The summed E-state index contributed by atoms with van der Waals surface area (Å²) < 4.78 is 25.3. The van der Waals surface area contributed by atoms with Crippen LogP contribution in [0.15, 0.2) is 59.5 Å². The molecule has 0 aliphatic rings. The van der Waals surface area contributed by atoms with Gasteiger partial charge in [0.25, 0.3) is 0 Å². The van der Waals surface area contributed by atoms with Crippen LogP contribution in [-0.4, -0.2) is 39.1 Å². The van der Waals surface area contributed by atoms with Crippen molar-refractivity contribution < 1.29 is 13.2 Å². The summed E-state index contributed by atoms with van der Waals surface area (Å²) in [7, 11) is -0.609. The summed E-state index contributed by atoms with van der Waals surface area (Å²) in [4.78, 5) is 12.3. The maximum atomic E-state index is 12.2. The van der Waals surface area contributed by atoms with Gasteiger partial charge in [0.2, 0.25) is 10.0 Å². The average molecular weight is 332 g/mol. The van der Waals surface area contributed by atoms with Gasteiger partial charge in [0, 0.05) is 26.2 Å². The van der Waals surface area contributed by atoms with E-state index in [1.54, 1.807) is 12.1 Å². The Morgan fingerprint density at radius 1 is 1.04 bits per heavy atom. The number of hydrogen-bond acceptors (Lipinski definition) is 4. The van der Waals surface area contributed by atoms with Crippen LogP contribution >= 0.6 is 0 Å². The smallest absolute Gasteiger partial charge is 0.242 e. The van der Waals surface area contributed by atoms with Gasteiger partial charge in [-0.25, -0.2) is 12.7 Å². The minimum atomic E-state index is -3.54. The van der Waals surface area contributed by atoms with Crippen molar-refractivity contribution in [2.24, 2.45) is 0 Å². The third kappa shape index (κ3) is 4.48. The van der Waals surface area contributed by atoms with E-state index in [0.717, 1.165) is 9.87 Å². The molecule has 1 N–H and O–H groups in total. The van der Waals surface area contributed by atoms with Crippen LogP contribution in [0.1, 0.15) is 15.9 Å². The van der Waals surface area contributed by atoms with E-state index in [9.17, 15) is 13.2 Å². The van der Waals surface area contributed by atoms with E-state index in [2.05, 4.69) is 5.32 Å². The third-order valence-electron chi connectivity index (χ3n) is 3.39. The Morgan fingerprint density at radius 3 is 2.39 bits per heavy atom. The molecule has 6 heteroatoms. The average Bonchev–Trinajstić information content (AvgIpc) is 2.55. The summed E-state index contributed by atoms with van der Waals surface area (Å²) in [5, 5.41) is 3.07. The van der Waals surface area contributed by atoms with Gasteiger partial charge in [-0.15, -0.1) is 0 Å². The number of Topliss-reactive ketones (excluding diaryl/α,β-unsaturated/α-hetero) is 1. The molecule has 0 aromatic heterocycles. The Balaban J connectivity index is 2.03. The summed E-state index contributed by atoms with van der Waals surface area (Å²) in [6.45, 7) is 0.739. The first-order valence-electron chi connectivity index (χ1n) is 7.21. The lowest BCUT2D eigenvalue weighted by Crippen LogP contribution is -2.24. The number of benzene rings is 2. The predicted octanol–water partition coefficient (Wildman–Crippen LogP) is 1.91. The molecule has 23 heavy (non-hydrogen) atoms. The molecule has 0 atom stereocenters. The first-order chi connectivity index (χ1) is 10.9. The molecule has 2 aromatic carbocycles. The minimum absolute atomic E-state index is 0.122. The van der Waals surface area contributed by atoms with Gasteiger partial charge >= 0.3 is 0 Å². The van der Waals surface area contributed by atoms with E-state index >= 15 is 0 Å². The van der Waals surface area contributed by atoms with Crippen LogP contribution in [0.25, 0.3) is 0 Å². The van der Waals surface area contributed by atoms with Gasteiger partial charge in [0.05, 0.1) is 11.4 Å².